The summed E-state index contributed by atoms with van der Waals surface area (Å²) < 4.78 is 0. The molecule has 0 bridgehead atoms. The molecule has 0 saturated carbocycles. The molecule has 21 heavy (non-hydrogen) atoms. The molecule has 0 spiro atoms. The molecule has 1 aromatic rings. The van der Waals surface area contributed by atoms with Crippen molar-refractivity contribution in [3.05, 3.63) is 35.4 Å². The highest BCUT2D eigenvalue weighted by Crippen LogP contribution is 2.26. The molecule has 0 radical (unpaired) electrons. The van der Waals surface area contributed by atoms with E-state index in [4.69, 9.17) is 5.11 Å². The minimum Gasteiger partial charge on any atom is -0.480 e. The van der Waals surface area contributed by atoms with Gasteiger partial charge in [-0.2, -0.15) is 0 Å². The smallest absolute Gasteiger partial charge is 0.320 e. The summed E-state index contributed by atoms with van der Waals surface area (Å²) in [7, 11) is 0. The molecule has 0 aliphatic carbocycles. The molecule has 1 fully saturated rings. The van der Waals surface area contributed by atoms with Gasteiger partial charge in [0, 0.05) is 32.2 Å². The van der Waals surface area contributed by atoms with Gasteiger partial charge in [0.25, 0.3) is 0 Å². The molecule has 116 valence electrons. The second-order valence-corrected chi connectivity index (χ2v) is 5.92. The molecule has 1 aliphatic heterocycles. The van der Waals surface area contributed by atoms with Gasteiger partial charge in [-0.3, -0.25) is 14.6 Å². The zero-order chi connectivity index (χ0) is 15.4. The summed E-state index contributed by atoms with van der Waals surface area (Å²) in [6, 6.07) is 8.83. The second-order valence-electron chi connectivity index (χ2n) is 5.92. The quantitative estimate of drug-likeness (QED) is 0.905. The summed E-state index contributed by atoms with van der Waals surface area (Å²) in [5, 5.41) is 9.10. The van der Waals surface area contributed by atoms with Gasteiger partial charge < -0.3 is 5.11 Å². The number of hydrogen-bond acceptors (Lipinski definition) is 3. The van der Waals surface area contributed by atoms with Crippen molar-refractivity contribution in [3.8, 4) is 0 Å². The van der Waals surface area contributed by atoms with Crippen molar-refractivity contribution < 1.29 is 9.90 Å². The van der Waals surface area contributed by atoms with E-state index in [0.717, 1.165) is 32.6 Å². The lowest BCUT2D eigenvalue weighted by molar-refractivity contribution is -0.143. The van der Waals surface area contributed by atoms with Crippen LogP contribution in [0.4, 0.5) is 0 Å². The van der Waals surface area contributed by atoms with Crippen LogP contribution < -0.4 is 0 Å². The van der Waals surface area contributed by atoms with Gasteiger partial charge in [-0.15, -0.1) is 0 Å². The first-order valence-corrected chi connectivity index (χ1v) is 7.80. The van der Waals surface area contributed by atoms with E-state index in [1.807, 2.05) is 0 Å². The Hall–Kier alpha value is -1.39. The van der Waals surface area contributed by atoms with Crippen molar-refractivity contribution in [2.45, 2.75) is 39.3 Å². The van der Waals surface area contributed by atoms with E-state index in [0.29, 0.717) is 6.04 Å². The zero-order valence-electron chi connectivity index (χ0n) is 13.2. The molecule has 1 aromatic carbocycles. The number of aryl methyl sites for hydroxylation is 1. The number of carboxylic acid groups (broad SMARTS) is 1. The third-order valence-corrected chi connectivity index (χ3v) is 4.54. The molecule has 2 atom stereocenters. The van der Waals surface area contributed by atoms with E-state index in [9.17, 15) is 4.79 Å². The van der Waals surface area contributed by atoms with E-state index in [-0.39, 0.29) is 6.04 Å². The summed E-state index contributed by atoms with van der Waals surface area (Å²) in [4.78, 5) is 15.6. The van der Waals surface area contributed by atoms with Gasteiger partial charge >= 0.3 is 5.97 Å². The third kappa shape index (κ3) is 3.83. The maximum absolute atomic E-state index is 11.1. The van der Waals surface area contributed by atoms with Crippen molar-refractivity contribution >= 4 is 5.97 Å². The molecule has 0 amide bonds. The minimum absolute atomic E-state index is 0.383. The predicted octanol–water partition coefficient (Wildman–Crippen LogP) is 2.54. The van der Waals surface area contributed by atoms with Gasteiger partial charge in [0.05, 0.1) is 0 Å². The molecular formula is C17H26N2O2. The largest absolute Gasteiger partial charge is 0.480 e. The van der Waals surface area contributed by atoms with Crippen LogP contribution in [-0.4, -0.2) is 53.1 Å². The average Bonchev–Trinajstić information content (AvgIpc) is 2.50. The standard InChI is InChI=1S/C17H26N2O2/c1-4-16(15-7-5-13(2)6-8-15)19-11-9-18(10-12-19)14(3)17(20)21/h5-8,14,16H,4,9-12H2,1-3H3,(H,20,21). The number of benzene rings is 1. The number of aliphatic carboxylic acids is 1. The first kappa shape index (κ1) is 16.0. The van der Waals surface area contributed by atoms with Crippen LogP contribution in [0, 0.1) is 6.92 Å². The lowest BCUT2D eigenvalue weighted by Crippen LogP contribution is -2.52. The van der Waals surface area contributed by atoms with E-state index in [2.05, 4.69) is 47.9 Å². The summed E-state index contributed by atoms with van der Waals surface area (Å²) in [5.74, 6) is -0.728. The monoisotopic (exact) mass is 290 g/mol. The fourth-order valence-electron chi connectivity index (χ4n) is 3.09. The van der Waals surface area contributed by atoms with E-state index >= 15 is 0 Å². The SMILES string of the molecule is CCC(c1ccc(C)cc1)N1CCN(C(C)C(=O)O)CC1. The number of piperazine rings is 1. The number of carboxylic acids is 1. The molecule has 1 N–H and O–H groups in total. The molecule has 4 nitrogen and oxygen atoms in total. The fraction of sp³-hybridized carbons (Fsp3) is 0.588. The van der Waals surface area contributed by atoms with Crippen LogP contribution >= 0.6 is 0 Å². The lowest BCUT2D eigenvalue weighted by atomic mass is 10.0. The maximum Gasteiger partial charge on any atom is 0.320 e. The highest BCUT2D eigenvalue weighted by atomic mass is 16.4. The number of rotatable bonds is 5. The van der Waals surface area contributed by atoms with E-state index < -0.39 is 5.97 Å². The molecule has 4 heteroatoms. The Bertz CT molecular complexity index is 464. The van der Waals surface area contributed by atoms with Gasteiger partial charge in [0.1, 0.15) is 6.04 Å². The van der Waals surface area contributed by atoms with E-state index in [1.165, 1.54) is 11.1 Å². The summed E-state index contributed by atoms with van der Waals surface area (Å²) in [6.07, 6.45) is 1.08. The Morgan fingerprint density at radius 1 is 1.14 bits per heavy atom. The highest BCUT2D eigenvalue weighted by Gasteiger charge is 2.28. The molecule has 1 saturated heterocycles. The van der Waals surface area contributed by atoms with Crippen LogP contribution in [0.5, 0.6) is 0 Å². The summed E-state index contributed by atoms with van der Waals surface area (Å²) >= 11 is 0. The first-order valence-electron chi connectivity index (χ1n) is 7.80. The number of hydrogen-bond donors (Lipinski definition) is 1. The predicted molar refractivity (Wildman–Crippen MR) is 84.5 cm³/mol. The second kappa shape index (κ2) is 7.05. The maximum atomic E-state index is 11.1. The van der Waals surface area contributed by atoms with Gasteiger partial charge in [-0.25, -0.2) is 0 Å². The van der Waals surface area contributed by atoms with Gasteiger partial charge in [0.15, 0.2) is 0 Å². The van der Waals surface area contributed by atoms with Crippen LogP contribution in [0.15, 0.2) is 24.3 Å². The van der Waals surface area contributed by atoms with Gasteiger partial charge in [-0.05, 0) is 25.8 Å². The fourth-order valence-corrected chi connectivity index (χ4v) is 3.09. The highest BCUT2D eigenvalue weighted by molar-refractivity contribution is 5.72. The Balaban J connectivity index is 1.99. The van der Waals surface area contributed by atoms with Crippen LogP contribution in [0.2, 0.25) is 0 Å². The molecular weight excluding hydrogens is 264 g/mol. The van der Waals surface area contributed by atoms with E-state index in [1.54, 1.807) is 6.92 Å². The van der Waals surface area contributed by atoms with Gasteiger partial charge in [-0.1, -0.05) is 36.8 Å². The van der Waals surface area contributed by atoms with Crippen LogP contribution in [0.3, 0.4) is 0 Å². The Labute approximate surface area is 127 Å². The molecule has 2 rings (SSSR count). The van der Waals surface area contributed by atoms with Crippen molar-refractivity contribution in [2.75, 3.05) is 26.2 Å². The topological polar surface area (TPSA) is 43.8 Å². The lowest BCUT2D eigenvalue weighted by Gasteiger charge is -2.40. The Kier molecular flexibility index (Phi) is 5.37. The Morgan fingerprint density at radius 3 is 2.14 bits per heavy atom. The average molecular weight is 290 g/mol. The zero-order valence-corrected chi connectivity index (χ0v) is 13.2. The van der Waals surface area contributed by atoms with Crippen LogP contribution in [0.1, 0.15) is 37.4 Å². The van der Waals surface area contributed by atoms with Crippen molar-refractivity contribution in [1.29, 1.82) is 0 Å². The van der Waals surface area contributed by atoms with Crippen molar-refractivity contribution in [2.24, 2.45) is 0 Å². The summed E-state index contributed by atoms with van der Waals surface area (Å²) in [5.41, 5.74) is 2.65. The molecule has 1 heterocycles. The first-order chi connectivity index (χ1) is 10.0. The minimum atomic E-state index is -0.728. The normalized spacial score (nSPS) is 20.1. The van der Waals surface area contributed by atoms with Crippen molar-refractivity contribution in [1.82, 2.24) is 9.80 Å². The Morgan fingerprint density at radius 2 is 1.67 bits per heavy atom. The summed E-state index contributed by atoms with van der Waals surface area (Å²) in [6.45, 7) is 9.63. The number of nitrogens with zero attached hydrogens (tertiary/aromatic N) is 2. The van der Waals surface area contributed by atoms with Gasteiger partial charge in [0.2, 0.25) is 0 Å². The molecule has 2 unspecified atom stereocenters. The third-order valence-electron chi connectivity index (χ3n) is 4.54. The number of carbonyl (C=O) groups is 1. The molecule has 1 aliphatic rings. The van der Waals surface area contributed by atoms with Crippen LogP contribution in [0.25, 0.3) is 0 Å². The van der Waals surface area contributed by atoms with Crippen molar-refractivity contribution in [3.63, 3.8) is 0 Å². The van der Waals surface area contributed by atoms with Crippen LogP contribution in [-0.2, 0) is 4.79 Å². The molecule has 0 aromatic heterocycles.